The molecule has 1 aliphatic heterocycles. The molecule has 1 aliphatic rings. The summed E-state index contributed by atoms with van der Waals surface area (Å²) in [5, 5.41) is 4.91. The number of thiazole rings is 1. The molecule has 2 atom stereocenters. The maximum Gasteiger partial charge on any atom is 0.223 e. The van der Waals surface area contributed by atoms with Gasteiger partial charge in [-0.25, -0.2) is 4.98 Å². The van der Waals surface area contributed by atoms with E-state index in [2.05, 4.69) is 10.3 Å². The Labute approximate surface area is 107 Å². The zero-order valence-electron chi connectivity index (χ0n) is 8.98. The average Bonchev–Trinajstić information content (AvgIpc) is 2.88. The number of nitrogens with one attached hydrogen (secondary N) is 1. The molecule has 0 aliphatic carbocycles. The quantitative estimate of drug-likeness (QED) is 0.796. The van der Waals surface area contributed by atoms with Crippen LogP contribution >= 0.6 is 22.9 Å². The molecule has 0 spiro atoms. The van der Waals surface area contributed by atoms with E-state index in [-0.39, 0.29) is 17.6 Å². The first-order valence-electron chi connectivity index (χ1n) is 5.26. The predicted molar refractivity (Wildman–Crippen MR) is 65.2 cm³/mol. The van der Waals surface area contributed by atoms with Crippen LogP contribution in [0.4, 0.5) is 0 Å². The van der Waals surface area contributed by atoms with Gasteiger partial charge in [0.05, 0.1) is 6.04 Å². The van der Waals surface area contributed by atoms with Gasteiger partial charge < -0.3 is 11.1 Å². The van der Waals surface area contributed by atoms with E-state index in [1.54, 1.807) is 5.38 Å². The number of halogens is 1. The van der Waals surface area contributed by atoms with E-state index in [0.29, 0.717) is 23.1 Å². The van der Waals surface area contributed by atoms with E-state index in [9.17, 15) is 9.59 Å². The van der Waals surface area contributed by atoms with Gasteiger partial charge in [-0.1, -0.05) is 11.6 Å². The molecule has 92 valence electrons. The van der Waals surface area contributed by atoms with Gasteiger partial charge in [0.15, 0.2) is 5.01 Å². The van der Waals surface area contributed by atoms with Crippen molar-refractivity contribution in [3.63, 3.8) is 0 Å². The maximum atomic E-state index is 11.9. The Balaban J connectivity index is 1.98. The molecule has 1 aromatic rings. The minimum absolute atomic E-state index is 0.0228. The molecule has 7 heteroatoms. The van der Waals surface area contributed by atoms with Gasteiger partial charge in [0.25, 0.3) is 0 Å². The van der Waals surface area contributed by atoms with E-state index < -0.39 is 6.04 Å². The van der Waals surface area contributed by atoms with Gasteiger partial charge in [-0.3, -0.25) is 9.59 Å². The van der Waals surface area contributed by atoms with Crippen molar-refractivity contribution in [1.82, 2.24) is 10.3 Å². The minimum Gasteiger partial charge on any atom is -0.356 e. The first-order valence-corrected chi connectivity index (χ1v) is 6.52. The molecule has 0 radical (unpaired) electrons. The number of amides is 1. The number of hydrogen-bond donors (Lipinski definition) is 2. The van der Waals surface area contributed by atoms with Crippen LogP contribution in [0.3, 0.4) is 0 Å². The minimum atomic E-state index is -0.689. The summed E-state index contributed by atoms with van der Waals surface area (Å²) in [7, 11) is 0. The van der Waals surface area contributed by atoms with Crippen molar-refractivity contribution in [2.45, 2.75) is 18.9 Å². The molecule has 1 aromatic heterocycles. The highest BCUT2D eigenvalue weighted by Crippen LogP contribution is 2.20. The zero-order valence-corrected chi connectivity index (χ0v) is 10.6. The van der Waals surface area contributed by atoms with Crippen molar-refractivity contribution in [1.29, 1.82) is 0 Å². The van der Waals surface area contributed by atoms with Crippen molar-refractivity contribution in [3.8, 4) is 0 Å². The van der Waals surface area contributed by atoms with Crippen molar-refractivity contribution < 1.29 is 9.59 Å². The first kappa shape index (κ1) is 12.5. The largest absolute Gasteiger partial charge is 0.356 e. The molecule has 2 heterocycles. The second-order valence-electron chi connectivity index (χ2n) is 3.96. The molecule has 0 aromatic carbocycles. The van der Waals surface area contributed by atoms with E-state index >= 15 is 0 Å². The summed E-state index contributed by atoms with van der Waals surface area (Å²) in [6, 6.07) is -0.689. The molecule has 0 bridgehead atoms. The van der Waals surface area contributed by atoms with Crippen LogP contribution < -0.4 is 11.1 Å². The van der Waals surface area contributed by atoms with Crippen LogP contribution in [-0.2, 0) is 4.79 Å². The van der Waals surface area contributed by atoms with Gasteiger partial charge in [0, 0.05) is 17.8 Å². The predicted octanol–water partition coefficient (Wildman–Crippen LogP) is 0.833. The van der Waals surface area contributed by atoms with Crippen LogP contribution in [0.25, 0.3) is 0 Å². The summed E-state index contributed by atoms with van der Waals surface area (Å²) < 4.78 is 0. The summed E-state index contributed by atoms with van der Waals surface area (Å²) >= 11 is 6.82. The number of Topliss-reactive ketones (excluding diaryl/α,β-unsaturated/α-hetero) is 1. The second kappa shape index (κ2) is 5.12. The first-order chi connectivity index (χ1) is 8.08. The van der Waals surface area contributed by atoms with Gasteiger partial charge in [-0.2, -0.15) is 0 Å². The number of nitrogens with zero attached hydrogens (tertiary/aromatic N) is 1. The van der Waals surface area contributed by atoms with Gasteiger partial charge in [-0.05, 0) is 12.8 Å². The van der Waals surface area contributed by atoms with Crippen molar-refractivity contribution in [2.24, 2.45) is 11.7 Å². The number of rotatable bonds is 4. The van der Waals surface area contributed by atoms with E-state index in [0.717, 1.165) is 6.42 Å². The van der Waals surface area contributed by atoms with Crippen LogP contribution in [0.1, 0.15) is 22.6 Å². The molecular formula is C10H12ClN3O2S. The lowest BCUT2D eigenvalue weighted by molar-refractivity contribution is -0.122. The fourth-order valence-corrected chi connectivity index (χ4v) is 2.76. The fourth-order valence-electron chi connectivity index (χ4n) is 1.81. The fraction of sp³-hybridized carbons (Fsp3) is 0.500. The number of hydrogen-bond acceptors (Lipinski definition) is 5. The molecule has 1 amide bonds. The maximum absolute atomic E-state index is 11.9. The highest BCUT2D eigenvalue weighted by molar-refractivity contribution is 7.12. The van der Waals surface area contributed by atoms with E-state index in [1.165, 1.54) is 11.3 Å². The Morgan fingerprint density at radius 2 is 2.53 bits per heavy atom. The Bertz CT molecular complexity index is 449. The van der Waals surface area contributed by atoms with E-state index in [1.807, 2.05) is 0 Å². The van der Waals surface area contributed by atoms with E-state index in [4.69, 9.17) is 17.3 Å². The Kier molecular flexibility index (Phi) is 3.76. The monoisotopic (exact) mass is 273 g/mol. The lowest BCUT2D eigenvalue weighted by Gasteiger charge is -2.12. The molecule has 1 saturated heterocycles. The highest BCUT2D eigenvalue weighted by atomic mass is 35.5. The number of carbonyl (C=O) groups excluding carboxylic acids is 2. The number of nitrogens with two attached hydrogens (primary N) is 1. The molecule has 17 heavy (non-hydrogen) atoms. The van der Waals surface area contributed by atoms with Crippen LogP contribution in [0.15, 0.2) is 5.38 Å². The molecule has 0 saturated carbocycles. The van der Waals surface area contributed by atoms with Crippen molar-refractivity contribution in [3.05, 3.63) is 15.5 Å². The molecule has 3 N–H and O–H groups in total. The zero-order chi connectivity index (χ0) is 12.4. The normalized spacial score (nSPS) is 21.3. The third-order valence-corrected chi connectivity index (χ3v) is 3.90. The van der Waals surface area contributed by atoms with Crippen molar-refractivity contribution >= 4 is 34.6 Å². The SMILES string of the molecule is NC(CC1CCNC1=O)C(=O)c1nc(Cl)cs1. The Morgan fingerprint density at radius 1 is 1.76 bits per heavy atom. The average molecular weight is 274 g/mol. The smallest absolute Gasteiger partial charge is 0.223 e. The molecule has 5 nitrogen and oxygen atoms in total. The summed E-state index contributed by atoms with van der Waals surface area (Å²) in [6.07, 6.45) is 1.10. The molecule has 1 fully saturated rings. The van der Waals surface area contributed by atoms with Crippen LogP contribution in [-0.4, -0.2) is 29.3 Å². The third-order valence-electron chi connectivity index (χ3n) is 2.72. The third kappa shape index (κ3) is 2.83. The van der Waals surface area contributed by atoms with Crippen LogP contribution in [0.5, 0.6) is 0 Å². The Hall–Kier alpha value is -0.980. The standard InChI is InChI=1S/C10H12ClN3O2S/c11-7-4-17-10(14-7)8(15)6(12)3-5-1-2-13-9(5)16/h4-6H,1-3,12H2,(H,13,16). The van der Waals surface area contributed by atoms with Gasteiger partial charge >= 0.3 is 0 Å². The van der Waals surface area contributed by atoms with Gasteiger partial charge in [0.1, 0.15) is 5.15 Å². The van der Waals surface area contributed by atoms with Crippen LogP contribution in [0.2, 0.25) is 5.15 Å². The highest BCUT2D eigenvalue weighted by Gasteiger charge is 2.29. The number of carbonyl (C=O) groups is 2. The lowest BCUT2D eigenvalue weighted by atomic mass is 9.97. The molecule has 2 rings (SSSR count). The Morgan fingerprint density at radius 3 is 3.06 bits per heavy atom. The second-order valence-corrected chi connectivity index (χ2v) is 5.20. The van der Waals surface area contributed by atoms with Crippen molar-refractivity contribution in [2.75, 3.05) is 6.54 Å². The van der Waals surface area contributed by atoms with Crippen LogP contribution in [0, 0.1) is 5.92 Å². The molecule has 2 unspecified atom stereocenters. The number of aromatic nitrogens is 1. The molecular weight excluding hydrogens is 262 g/mol. The number of ketones is 1. The lowest BCUT2D eigenvalue weighted by Crippen LogP contribution is -2.34. The summed E-state index contributed by atoms with van der Waals surface area (Å²) in [5.74, 6) is -0.434. The summed E-state index contributed by atoms with van der Waals surface area (Å²) in [4.78, 5) is 27.1. The van der Waals surface area contributed by atoms with Gasteiger partial charge in [-0.15, -0.1) is 11.3 Å². The summed E-state index contributed by atoms with van der Waals surface area (Å²) in [5.41, 5.74) is 5.79. The topological polar surface area (TPSA) is 85.1 Å². The van der Waals surface area contributed by atoms with Gasteiger partial charge in [0.2, 0.25) is 11.7 Å². The summed E-state index contributed by atoms with van der Waals surface area (Å²) in [6.45, 7) is 0.660.